The molecular formula is C22H23N7O14S2. The van der Waals surface area contributed by atoms with Crippen molar-refractivity contribution in [1.82, 2.24) is 5.43 Å². The van der Waals surface area contributed by atoms with Gasteiger partial charge in [-0.05, 0) is 18.2 Å². The van der Waals surface area contributed by atoms with Crippen LogP contribution in [0.3, 0.4) is 0 Å². The number of hydrazine groups is 2. The highest BCUT2D eigenvalue weighted by molar-refractivity contribution is 7.86. The monoisotopic (exact) mass is 673 g/mol. The summed E-state index contributed by atoms with van der Waals surface area (Å²) in [5, 5.41) is 27.6. The number of ether oxygens (including phenoxy) is 2. The fraction of sp³-hybridized carbons (Fsp3) is 0.136. The summed E-state index contributed by atoms with van der Waals surface area (Å²) in [4.78, 5) is 31.9. The van der Waals surface area contributed by atoms with Gasteiger partial charge in [0.1, 0.15) is 5.69 Å². The molecule has 1 fully saturated rings. The number of nitrogens with zero attached hydrogens (tertiary/aromatic N) is 4. The van der Waals surface area contributed by atoms with Gasteiger partial charge in [-0.25, -0.2) is 0 Å². The first-order valence-electron chi connectivity index (χ1n) is 11.8. The van der Waals surface area contributed by atoms with Gasteiger partial charge in [-0.15, -0.1) is 10.5 Å². The van der Waals surface area contributed by atoms with Gasteiger partial charge in [-0.3, -0.25) is 34.1 Å². The molecule has 1 aliphatic rings. The molecule has 0 spiro atoms. The van der Waals surface area contributed by atoms with E-state index >= 15 is 0 Å². The summed E-state index contributed by atoms with van der Waals surface area (Å²) in [6, 6.07) is 10.7. The number of nitro benzene ring substituents is 2. The van der Waals surface area contributed by atoms with Crippen LogP contribution in [0.4, 0.5) is 28.4 Å². The van der Waals surface area contributed by atoms with Crippen LogP contribution >= 0.6 is 0 Å². The standard InChI is InChI=1S/C22H21N7O13S2.H2O/c1-41-17-8-15(28(31)32)19(43(35,36)37)10-13(17)26-24-21(22(30)23-12-6-4-3-5-7-12)25-27(26)14-11-20(44(38,39)40)16(29(33)34)9-18(14)42-2;/h3-11,21,24-25H,1-2H3,(H,23,30)(H,35,36,37)(H,38,39,40);1H2. The van der Waals surface area contributed by atoms with Gasteiger partial charge in [0.05, 0.1) is 36.2 Å². The van der Waals surface area contributed by atoms with Crippen molar-refractivity contribution in [3.8, 4) is 11.5 Å². The minimum atomic E-state index is -5.23. The van der Waals surface area contributed by atoms with Gasteiger partial charge in [0.2, 0.25) is 0 Å². The average Bonchev–Trinajstić information content (AvgIpc) is 3.40. The normalized spacial score (nSPS) is 14.8. The minimum absolute atomic E-state index is 0. The number of anilines is 3. The van der Waals surface area contributed by atoms with Crippen molar-refractivity contribution in [3.05, 3.63) is 74.8 Å². The SMILES string of the molecule is COc1cc([N+](=O)[O-])c(S(=O)(=O)O)cc1N1NC(C(=O)Nc2ccccc2)[NH2+]N1c1cc(S(=O)(=O)O)c([N+](=O)[O-])cc1OC.[OH-]. The number of para-hydroxylation sites is 1. The lowest BCUT2D eigenvalue weighted by Crippen LogP contribution is -2.98. The van der Waals surface area contributed by atoms with E-state index in [1.54, 1.807) is 30.3 Å². The van der Waals surface area contributed by atoms with E-state index in [4.69, 9.17) is 9.47 Å². The summed E-state index contributed by atoms with van der Waals surface area (Å²) in [5.41, 5.74) is 1.29. The number of rotatable bonds is 10. The molecule has 7 N–H and O–H groups in total. The summed E-state index contributed by atoms with van der Waals surface area (Å²) in [7, 11) is -8.32. The van der Waals surface area contributed by atoms with Crippen LogP contribution in [0.2, 0.25) is 0 Å². The molecule has 0 aromatic heterocycles. The van der Waals surface area contributed by atoms with Crippen molar-refractivity contribution in [2.45, 2.75) is 16.0 Å². The van der Waals surface area contributed by atoms with E-state index in [-0.39, 0.29) is 28.3 Å². The average molecular weight is 674 g/mol. The number of methoxy groups -OCH3 is 2. The van der Waals surface area contributed by atoms with Gasteiger partial charge in [0.15, 0.2) is 27.0 Å². The Balaban J connectivity index is 0.00000552. The molecule has 0 aliphatic carbocycles. The van der Waals surface area contributed by atoms with Crippen LogP contribution in [-0.4, -0.2) is 67.6 Å². The number of carbonyl (C=O) groups excluding carboxylic acids is 1. The maximum atomic E-state index is 13.2. The third-order valence-corrected chi connectivity index (χ3v) is 7.80. The molecule has 1 aliphatic heterocycles. The van der Waals surface area contributed by atoms with Crippen molar-refractivity contribution in [2.75, 3.05) is 29.8 Å². The fourth-order valence-electron chi connectivity index (χ4n) is 4.12. The molecule has 1 saturated heterocycles. The number of quaternary nitrogens is 1. The van der Waals surface area contributed by atoms with E-state index in [0.717, 1.165) is 29.9 Å². The zero-order chi connectivity index (χ0) is 32.6. The maximum Gasteiger partial charge on any atom is 0.303 e. The van der Waals surface area contributed by atoms with Crippen LogP contribution in [0.25, 0.3) is 0 Å². The molecule has 3 aromatic rings. The predicted molar refractivity (Wildman–Crippen MR) is 150 cm³/mol. The zero-order valence-corrected chi connectivity index (χ0v) is 24.4. The van der Waals surface area contributed by atoms with Gasteiger partial charge in [-0.2, -0.15) is 27.4 Å². The zero-order valence-electron chi connectivity index (χ0n) is 22.8. The molecule has 1 unspecified atom stereocenters. The summed E-state index contributed by atoms with van der Waals surface area (Å²) in [6.45, 7) is 0. The summed E-state index contributed by atoms with van der Waals surface area (Å²) in [6.07, 6.45) is -1.36. The van der Waals surface area contributed by atoms with Crippen molar-refractivity contribution < 1.29 is 61.0 Å². The number of nitrogens with one attached hydrogen (secondary N) is 2. The van der Waals surface area contributed by atoms with E-state index < -0.39 is 63.3 Å². The highest BCUT2D eigenvalue weighted by atomic mass is 32.2. The van der Waals surface area contributed by atoms with Crippen LogP contribution in [0.1, 0.15) is 0 Å². The number of nitro groups is 2. The second kappa shape index (κ2) is 12.8. The van der Waals surface area contributed by atoms with Crippen LogP contribution in [0.5, 0.6) is 11.5 Å². The highest BCUT2D eigenvalue weighted by Crippen LogP contribution is 2.41. The Hall–Kier alpha value is -5.17. The van der Waals surface area contributed by atoms with Crippen LogP contribution in [0.15, 0.2) is 64.4 Å². The molecule has 21 nitrogen and oxygen atoms in total. The maximum absolute atomic E-state index is 13.2. The van der Waals surface area contributed by atoms with Crippen LogP contribution in [0, 0.1) is 20.2 Å². The lowest BCUT2D eigenvalue weighted by atomic mass is 10.2. The Kier molecular flexibility index (Phi) is 9.78. The number of amides is 1. The van der Waals surface area contributed by atoms with Crippen molar-refractivity contribution in [2.24, 2.45) is 0 Å². The summed E-state index contributed by atoms with van der Waals surface area (Å²) in [5.74, 6) is -1.47. The summed E-state index contributed by atoms with van der Waals surface area (Å²) >= 11 is 0. The van der Waals surface area contributed by atoms with E-state index in [1.165, 1.54) is 0 Å². The number of nitrogens with two attached hydrogens (primary N) is 1. The topological polar surface area (TPSA) is 308 Å². The Morgan fingerprint density at radius 1 is 0.889 bits per heavy atom. The Bertz CT molecular complexity index is 1760. The van der Waals surface area contributed by atoms with E-state index in [2.05, 4.69) is 10.7 Å². The number of hydrogen-bond acceptors (Lipinski definition) is 15. The van der Waals surface area contributed by atoms with Crippen molar-refractivity contribution in [3.63, 3.8) is 0 Å². The molecule has 1 atom stereocenters. The van der Waals surface area contributed by atoms with Gasteiger partial charge in [0.25, 0.3) is 17.5 Å². The molecule has 1 heterocycles. The Morgan fingerprint density at radius 2 is 1.36 bits per heavy atom. The lowest BCUT2D eigenvalue weighted by molar-refractivity contribution is -0.672. The quantitative estimate of drug-likeness (QED) is 0.0820. The second-order valence-corrected chi connectivity index (χ2v) is 11.5. The van der Waals surface area contributed by atoms with E-state index in [1.807, 2.05) is 0 Å². The summed E-state index contributed by atoms with van der Waals surface area (Å²) < 4.78 is 78.4. The minimum Gasteiger partial charge on any atom is -0.870 e. The first-order valence-corrected chi connectivity index (χ1v) is 14.7. The smallest absolute Gasteiger partial charge is 0.303 e. The third kappa shape index (κ3) is 6.99. The molecule has 1 amide bonds. The predicted octanol–water partition coefficient (Wildman–Crippen LogP) is 0.0262. The first kappa shape index (κ1) is 34.3. The highest BCUT2D eigenvalue weighted by Gasteiger charge is 2.44. The first-order chi connectivity index (χ1) is 20.6. The molecular weight excluding hydrogens is 650 g/mol. The number of hydrogen-bond donors (Lipinski definition) is 5. The molecule has 3 aromatic carbocycles. The number of benzene rings is 3. The molecule has 0 saturated carbocycles. The molecule has 0 radical (unpaired) electrons. The molecule has 23 heteroatoms. The third-order valence-electron chi connectivity index (χ3n) is 6.04. The molecule has 0 bridgehead atoms. The van der Waals surface area contributed by atoms with Gasteiger partial charge >= 0.3 is 26.1 Å². The second-order valence-electron chi connectivity index (χ2n) is 8.72. The van der Waals surface area contributed by atoms with Crippen molar-refractivity contribution in [1.29, 1.82) is 0 Å². The lowest BCUT2D eigenvalue weighted by Gasteiger charge is -2.27. The van der Waals surface area contributed by atoms with Gasteiger partial charge in [-0.1, -0.05) is 18.2 Å². The van der Waals surface area contributed by atoms with Gasteiger partial charge in [0, 0.05) is 11.8 Å². The Morgan fingerprint density at radius 3 is 1.80 bits per heavy atom. The Labute approximate surface area is 253 Å². The fourth-order valence-corrected chi connectivity index (χ4v) is 5.44. The van der Waals surface area contributed by atoms with Crippen LogP contribution in [-0.2, 0) is 25.0 Å². The largest absolute Gasteiger partial charge is 0.870 e. The number of carbonyl (C=O) groups is 1. The van der Waals surface area contributed by atoms with Crippen molar-refractivity contribution >= 4 is 54.6 Å². The molecule has 242 valence electrons. The van der Waals surface area contributed by atoms with E-state index in [9.17, 15) is 51.0 Å². The molecule has 45 heavy (non-hydrogen) atoms. The van der Waals surface area contributed by atoms with E-state index in [0.29, 0.717) is 30.0 Å². The van der Waals surface area contributed by atoms with Gasteiger partial charge < -0.3 is 20.3 Å². The van der Waals surface area contributed by atoms with Crippen LogP contribution < -0.4 is 35.9 Å². The molecule has 4 rings (SSSR count).